The Labute approximate surface area is 340 Å². The van der Waals surface area contributed by atoms with Crippen LogP contribution in [-0.2, 0) is 27.3 Å². The molecule has 6 aromatic carbocycles. The standard InChI is InChI=1S/C50H48N2O6/c1-4-11-46(58-35(3)54)49-48(51(50(56)41-21-16-34(2)17-22-41)33-36-18-23-40(24-19-36)38-12-6-5-7-13-38)44-32-43(57-29-10-28-53)26-27-45(44)52(49)47(55)31-37-20-25-39-14-8-9-15-42(39)30-37/h4-9,12-27,30,32,46,48-49,53H,1,10-11,28-29,31,33H2,2-3H3/t46?,48-,49+/m0/s1. The number of rotatable bonds is 15. The van der Waals surface area contributed by atoms with E-state index in [-0.39, 0.29) is 44.4 Å². The highest BCUT2D eigenvalue weighted by Gasteiger charge is 2.50. The maximum Gasteiger partial charge on any atom is 0.302 e. The highest BCUT2D eigenvalue weighted by Crippen LogP contribution is 2.48. The fraction of sp³-hybridized carbons (Fsp3) is 0.220. The first-order valence-electron chi connectivity index (χ1n) is 19.7. The number of amides is 2. The molecule has 2 amide bonds. The Morgan fingerprint density at radius 2 is 1.50 bits per heavy atom. The number of aryl methyl sites for hydroxylation is 1. The lowest BCUT2D eigenvalue weighted by Gasteiger charge is -2.39. The molecule has 6 aromatic rings. The third-order valence-electron chi connectivity index (χ3n) is 10.6. The van der Waals surface area contributed by atoms with Crippen LogP contribution in [0, 0.1) is 6.92 Å². The molecule has 0 fully saturated rings. The molecular weight excluding hydrogens is 725 g/mol. The molecule has 1 N–H and O–H groups in total. The number of carbonyl (C=O) groups is 3. The Morgan fingerprint density at radius 3 is 2.21 bits per heavy atom. The van der Waals surface area contributed by atoms with E-state index in [4.69, 9.17) is 9.47 Å². The van der Waals surface area contributed by atoms with Gasteiger partial charge in [-0.2, -0.15) is 0 Å². The Morgan fingerprint density at radius 1 is 0.810 bits per heavy atom. The van der Waals surface area contributed by atoms with Gasteiger partial charge in [-0.05, 0) is 70.3 Å². The molecule has 0 saturated carbocycles. The van der Waals surface area contributed by atoms with Crippen LogP contribution in [0.3, 0.4) is 0 Å². The van der Waals surface area contributed by atoms with Crippen LogP contribution in [0.15, 0.2) is 152 Å². The van der Waals surface area contributed by atoms with Crippen molar-refractivity contribution in [3.05, 3.63) is 180 Å². The van der Waals surface area contributed by atoms with Crippen LogP contribution in [-0.4, -0.2) is 53.1 Å². The minimum absolute atomic E-state index is 0.0276. The van der Waals surface area contributed by atoms with Gasteiger partial charge in [0, 0.05) is 49.7 Å². The third kappa shape index (κ3) is 8.88. The SMILES string of the molecule is C=CCC(OC(C)=O)[C@@H]1[C@@H](N(Cc2ccc(-c3ccccc3)cc2)C(=O)c2ccc(C)cc2)c2cc(OCCCO)ccc2N1C(=O)Cc1ccc2ccccc2c1. The second-order valence-corrected chi connectivity index (χ2v) is 14.7. The van der Waals surface area contributed by atoms with Crippen LogP contribution in [0.2, 0.25) is 0 Å². The summed E-state index contributed by atoms with van der Waals surface area (Å²) in [6, 6.07) is 43.6. The van der Waals surface area contributed by atoms with E-state index < -0.39 is 24.2 Å². The van der Waals surface area contributed by atoms with Crippen LogP contribution in [0.1, 0.15) is 58.4 Å². The number of aliphatic hydroxyl groups excluding tert-OH is 1. The maximum atomic E-state index is 15.1. The van der Waals surface area contributed by atoms with E-state index in [1.165, 1.54) is 6.92 Å². The molecule has 0 aliphatic carbocycles. The van der Waals surface area contributed by atoms with E-state index in [0.717, 1.165) is 38.6 Å². The van der Waals surface area contributed by atoms with Gasteiger partial charge in [0.1, 0.15) is 11.9 Å². The average molecular weight is 773 g/mol. The number of esters is 1. The Kier molecular flexibility index (Phi) is 12.4. The van der Waals surface area contributed by atoms with Gasteiger partial charge in [0.2, 0.25) is 5.91 Å². The molecule has 0 bridgehead atoms. The van der Waals surface area contributed by atoms with E-state index in [2.05, 4.69) is 18.7 Å². The van der Waals surface area contributed by atoms with Gasteiger partial charge in [0.25, 0.3) is 5.91 Å². The van der Waals surface area contributed by atoms with Gasteiger partial charge in [-0.15, -0.1) is 6.58 Å². The van der Waals surface area contributed by atoms with Gasteiger partial charge in [-0.1, -0.05) is 121 Å². The first kappa shape index (κ1) is 39.7. The molecule has 1 aliphatic rings. The molecule has 8 heteroatoms. The Bertz CT molecular complexity index is 2390. The van der Waals surface area contributed by atoms with E-state index in [0.29, 0.717) is 29.0 Å². The number of nitrogens with zero attached hydrogens (tertiary/aromatic N) is 2. The summed E-state index contributed by atoms with van der Waals surface area (Å²) in [5.41, 5.74) is 6.60. The summed E-state index contributed by atoms with van der Waals surface area (Å²) >= 11 is 0. The van der Waals surface area contributed by atoms with Gasteiger partial charge in [0.15, 0.2) is 0 Å². The van der Waals surface area contributed by atoms with Crippen LogP contribution < -0.4 is 9.64 Å². The monoisotopic (exact) mass is 772 g/mol. The highest BCUT2D eigenvalue weighted by atomic mass is 16.5. The molecule has 0 saturated heterocycles. The number of hydrogen-bond acceptors (Lipinski definition) is 6. The number of carbonyl (C=O) groups excluding carboxylic acids is 3. The summed E-state index contributed by atoms with van der Waals surface area (Å²) < 4.78 is 12.2. The quantitative estimate of drug-likeness (QED) is 0.0635. The molecule has 1 unspecified atom stereocenters. The van der Waals surface area contributed by atoms with Gasteiger partial charge in [-0.25, -0.2) is 0 Å². The minimum atomic E-state index is -0.861. The van der Waals surface area contributed by atoms with E-state index in [9.17, 15) is 14.7 Å². The summed E-state index contributed by atoms with van der Waals surface area (Å²) in [7, 11) is 0. The van der Waals surface area contributed by atoms with Gasteiger partial charge in [-0.3, -0.25) is 14.4 Å². The van der Waals surface area contributed by atoms with Crippen LogP contribution >= 0.6 is 0 Å². The fourth-order valence-electron chi connectivity index (χ4n) is 7.87. The maximum absolute atomic E-state index is 15.1. The van der Waals surface area contributed by atoms with Gasteiger partial charge >= 0.3 is 5.97 Å². The predicted molar refractivity (Wildman–Crippen MR) is 229 cm³/mol. The second kappa shape index (κ2) is 18.2. The van der Waals surface area contributed by atoms with E-state index in [1.807, 2.05) is 128 Å². The molecule has 1 aliphatic heterocycles. The zero-order valence-corrected chi connectivity index (χ0v) is 32.9. The van der Waals surface area contributed by atoms with Crippen LogP contribution in [0.5, 0.6) is 5.75 Å². The molecule has 3 atom stereocenters. The number of ether oxygens (including phenoxy) is 2. The smallest absolute Gasteiger partial charge is 0.302 e. The van der Waals surface area contributed by atoms with Crippen LogP contribution in [0.4, 0.5) is 5.69 Å². The Balaban J connectivity index is 1.38. The fourth-order valence-corrected chi connectivity index (χ4v) is 7.87. The Hall–Kier alpha value is -6.51. The molecule has 294 valence electrons. The molecule has 0 radical (unpaired) electrons. The van der Waals surface area contributed by atoms with E-state index >= 15 is 4.79 Å². The lowest BCUT2D eigenvalue weighted by atomic mass is 9.93. The average Bonchev–Trinajstić information content (AvgIpc) is 3.57. The number of fused-ring (bicyclic) bond motifs is 2. The van der Waals surface area contributed by atoms with Crippen molar-refractivity contribution in [3.8, 4) is 16.9 Å². The normalized spacial score (nSPS) is 15.1. The zero-order chi connectivity index (χ0) is 40.6. The minimum Gasteiger partial charge on any atom is -0.493 e. The molecule has 7 rings (SSSR count). The predicted octanol–water partition coefficient (Wildman–Crippen LogP) is 9.43. The summed E-state index contributed by atoms with van der Waals surface area (Å²) in [5.74, 6) is -0.440. The summed E-state index contributed by atoms with van der Waals surface area (Å²) in [5, 5.41) is 11.6. The van der Waals surface area contributed by atoms with Crippen molar-refractivity contribution in [2.24, 2.45) is 0 Å². The number of benzene rings is 6. The largest absolute Gasteiger partial charge is 0.493 e. The molecule has 0 spiro atoms. The van der Waals surface area contributed by atoms with Crippen molar-refractivity contribution in [1.82, 2.24) is 4.90 Å². The van der Waals surface area contributed by atoms with Crippen molar-refractivity contribution in [1.29, 1.82) is 0 Å². The lowest BCUT2D eigenvalue weighted by Crippen LogP contribution is -2.53. The summed E-state index contributed by atoms with van der Waals surface area (Å²) in [6.45, 7) is 7.76. The highest BCUT2D eigenvalue weighted by molar-refractivity contribution is 6.00. The molecule has 0 aromatic heterocycles. The molecule has 1 heterocycles. The number of anilines is 1. The topological polar surface area (TPSA) is 96.4 Å². The van der Waals surface area contributed by atoms with Gasteiger partial charge < -0.3 is 24.4 Å². The van der Waals surface area contributed by atoms with Crippen molar-refractivity contribution in [2.45, 2.75) is 57.8 Å². The lowest BCUT2D eigenvalue weighted by molar-refractivity contribution is -0.148. The van der Waals surface area contributed by atoms with Crippen molar-refractivity contribution in [3.63, 3.8) is 0 Å². The zero-order valence-electron chi connectivity index (χ0n) is 32.9. The van der Waals surface area contributed by atoms with E-state index in [1.54, 1.807) is 21.9 Å². The van der Waals surface area contributed by atoms with Crippen LogP contribution in [0.25, 0.3) is 21.9 Å². The molecular formula is C50H48N2O6. The second-order valence-electron chi connectivity index (χ2n) is 14.7. The third-order valence-corrected chi connectivity index (χ3v) is 10.6. The first-order chi connectivity index (χ1) is 28.2. The molecule has 8 nitrogen and oxygen atoms in total. The van der Waals surface area contributed by atoms with Crippen molar-refractivity contribution in [2.75, 3.05) is 18.1 Å². The summed E-state index contributed by atoms with van der Waals surface area (Å²) in [6.07, 6.45) is 1.55. The van der Waals surface area contributed by atoms with Crippen molar-refractivity contribution >= 4 is 34.2 Å². The molecule has 58 heavy (non-hydrogen) atoms. The summed E-state index contributed by atoms with van der Waals surface area (Å²) in [4.78, 5) is 46.5. The number of aliphatic hydroxyl groups is 1. The van der Waals surface area contributed by atoms with Gasteiger partial charge in [0.05, 0.1) is 25.1 Å². The first-order valence-corrected chi connectivity index (χ1v) is 19.7. The van der Waals surface area contributed by atoms with Crippen molar-refractivity contribution < 1.29 is 29.0 Å². The number of hydrogen-bond donors (Lipinski definition) is 1.